The number of ether oxygens (including phenoxy) is 5. The standard InChI is InChI=1S/C20H25NO7/c22-21(23)19-8-4-5-9-20(19)28-17-15-26-13-11-24-10-12-25-14-16-27-18-6-2-1-3-7-18/h1-9H,10-17H2. The molecule has 152 valence electrons. The van der Waals surface area contributed by atoms with Crippen LogP contribution in [0.15, 0.2) is 54.6 Å². The van der Waals surface area contributed by atoms with Gasteiger partial charge in [0.05, 0.1) is 44.6 Å². The molecule has 0 aliphatic carbocycles. The maximum atomic E-state index is 10.9. The molecular weight excluding hydrogens is 366 g/mol. The van der Waals surface area contributed by atoms with Gasteiger partial charge in [0, 0.05) is 6.07 Å². The molecule has 0 heterocycles. The molecule has 0 fully saturated rings. The Bertz CT molecular complexity index is 681. The number of nitro groups is 1. The van der Waals surface area contributed by atoms with Crippen LogP contribution in [0.2, 0.25) is 0 Å². The van der Waals surface area contributed by atoms with Gasteiger partial charge in [0.15, 0.2) is 5.75 Å². The highest BCUT2D eigenvalue weighted by molar-refractivity contribution is 5.45. The quantitative estimate of drug-likeness (QED) is 0.262. The molecule has 0 aliphatic rings. The van der Waals surface area contributed by atoms with E-state index in [-0.39, 0.29) is 18.0 Å². The van der Waals surface area contributed by atoms with Crippen molar-refractivity contribution in [2.45, 2.75) is 0 Å². The van der Waals surface area contributed by atoms with E-state index < -0.39 is 4.92 Å². The largest absolute Gasteiger partial charge is 0.491 e. The fourth-order valence-electron chi connectivity index (χ4n) is 2.22. The first-order chi connectivity index (χ1) is 13.8. The third-order valence-corrected chi connectivity index (χ3v) is 3.53. The van der Waals surface area contributed by atoms with Gasteiger partial charge < -0.3 is 23.7 Å². The fourth-order valence-corrected chi connectivity index (χ4v) is 2.22. The zero-order valence-electron chi connectivity index (χ0n) is 15.7. The molecule has 0 unspecified atom stereocenters. The van der Waals surface area contributed by atoms with E-state index in [1.807, 2.05) is 30.3 Å². The second-order valence-corrected chi connectivity index (χ2v) is 5.57. The van der Waals surface area contributed by atoms with Crippen LogP contribution < -0.4 is 9.47 Å². The van der Waals surface area contributed by atoms with E-state index in [1.165, 1.54) is 6.07 Å². The smallest absolute Gasteiger partial charge is 0.310 e. The van der Waals surface area contributed by atoms with Crippen LogP contribution in [0.3, 0.4) is 0 Å². The molecule has 0 radical (unpaired) electrons. The summed E-state index contributed by atoms with van der Waals surface area (Å²) in [7, 11) is 0. The van der Waals surface area contributed by atoms with Gasteiger partial charge in [0.1, 0.15) is 19.0 Å². The Morgan fingerprint density at radius 3 is 1.75 bits per heavy atom. The first-order valence-electron chi connectivity index (χ1n) is 9.04. The monoisotopic (exact) mass is 391 g/mol. The maximum Gasteiger partial charge on any atom is 0.310 e. The number of nitrogens with zero attached hydrogens (tertiary/aromatic N) is 1. The lowest BCUT2D eigenvalue weighted by atomic mass is 10.3. The molecule has 28 heavy (non-hydrogen) atoms. The van der Waals surface area contributed by atoms with Crippen LogP contribution in [-0.4, -0.2) is 57.8 Å². The third kappa shape index (κ3) is 8.81. The highest BCUT2D eigenvalue weighted by atomic mass is 16.6. The highest BCUT2D eigenvalue weighted by Gasteiger charge is 2.12. The minimum absolute atomic E-state index is 0.0556. The number of benzene rings is 2. The Balaban J connectivity index is 1.38. The van der Waals surface area contributed by atoms with Gasteiger partial charge in [-0.05, 0) is 18.2 Å². The molecule has 0 aliphatic heterocycles. The van der Waals surface area contributed by atoms with E-state index in [0.717, 1.165) is 5.75 Å². The Morgan fingerprint density at radius 2 is 1.14 bits per heavy atom. The molecule has 2 aromatic rings. The predicted octanol–water partition coefficient (Wildman–Crippen LogP) is 3.10. The Labute approximate surface area is 164 Å². The lowest BCUT2D eigenvalue weighted by molar-refractivity contribution is -0.385. The van der Waals surface area contributed by atoms with Crippen LogP contribution in [-0.2, 0) is 14.2 Å². The van der Waals surface area contributed by atoms with Crippen LogP contribution in [0.25, 0.3) is 0 Å². The first-order valence-corrected chi connectivity index (χ1v) is 9.04. The molecule has 0 saturated heterocycles. The van der Waals surface area contributed by atoms with Crippen molar-refractivity contribution in [2.75, 3.05) is 52.9 Å². The molecule has 0 N–H and O–H groups in total. The number of nitro benzene ring substituents is 1. The Hall–Kier alpha value is -2.68. The lowest BCUT2D eigenvalue weighted by Crippen LogP contribution is -2.14. The molecule has 0 saturated carbocycles. The van der Waals surface area contributed by atoms with E-state index in [4.69, 9.17) is 23.7 Å². The summed E-state index contributed by atoms with van der Waals surface area (Å²) in [5, 5.41) is 10.9. The minimum Gasteiger partial charge on any atom is -0.491 e. The van der Waals surface area contributed by atoms with E-state index in [0.29, 0.717) is 46.2 Å². The van der Waals surface area contributed by atoms with Crippen molar-refractivity contribution in [3.63, 3.8) is 0 Å². The van der Waals surface area contributed by atoms with Gasteiger partial charge in [-0.3, -0.25) is 10.1 Å². The van der Waals surface area contributed by atoms with E-state index in [9.17, 15) is 10.1 Å². The first kappa shape index (κ1) is 21.6. The van der Waals surface area contributed by atoms with Crippen molar-refractivity contribution in [3.05, 3.63) is 64.7 Å². The zero-order valence-corrected chi connectivity index (χ0v) is 15.7. The maximum absolute atomic E-state index is 10.9. The number of hydrogen-bond acceptors (Lipinski definition) is 7. The van der Waals surface area contributed by atoms with Gasteiger partial charge in [-0.2, -0.15) is 0 Å². The van der Waals surface area contributed by atoms with E-state index in [2.05, 4.69) is 0 Å². The molecule has 2 rings (SSSR count). The van der Waals surface area contributed by atoms with Crippen molar-refractivity contribution in [1.29, 1.82) is 0 Å². The highest BCUT2D eigenvalue weighted by Crippen LogP contribution is 2.25. The molecule has 0 amide bonds. The van der Waals surface area contributed by atoms with Gasteiger partial charge in [-0.25, -0.2) is 0 Å². The molecule has 2 aromatic carbocycles. The van der Waals surface area contributed by atoms with Gasteiger partial charge in [0.25, 0.3) is 0 Å². The van der Waals surface area contributed by atoms with Crippen LogP contribution in [0.4, 0.5) is 5.69 Å². The summed E-state index contributed by atoms with van der Waals surface area (Å²) in [6, 6.07) is 15.8. The summed E-state index contributed by atoms with van der Waals surface area (Å²) in [6.45, 7) is 3.36. The molecule has 0 atom stereocenters. The predicted molar refractivity (Wildman–Crippen MR) is 103 cm³/mol. The van der Waals surface area contributed by atoms with Gasteiger partial charge in [0.2, 0.25) is 0 Å². The third-order valence-electron chi connectivity index (χ3n) is 3.53. The van der Waals surface area contributed by atoms with Gasteiger partial charge in [-0.15, -0.1) is 0 Å². The molecular formula is C20H25NO7. The van der Waals surface area contributed by atoms with Gasteiger partial charge >= 0.3 is 5.69 Å². The summed E-state index contributed by atoms with van der Waals surface area (Å²) in [4.78, 5) is 10.4. The lowest BCUT2D eigenvalue weighted by Gasteiger charge is -2.09. The number of rotatable bonds is 15. The second kappa shape index (κ2) is 13.5. The Morgan fingerprint density at radius 1 is 0.643 bits per heavy atom. The summed E-state index contributed by atoms with van der Waals surface area (Å²) in [5.74, 6) is 1.06. The molecule has 0 bridgehead atoms. The molecule has 8 heteroatoms. The average molecular weight is 391 g/mol. The van der Waals surface area contributed by atoms with Crippen molar-refractivity contribution in [1.82, 2.24) is 0 Å². The van der Waals surface area contributed by atoms with Crippen LogP contribution in [0.5, 0.6) is 11.5 Å². The minimum atomic E-state index is -0.472. The normalized spacial score (nSPS) is 10.6. The number of hydrogen-bond donors (Lipinski definition) is 0. The van der Waals surface area contributed by atoms with Crippen LogP contribution in [0.1, 0.15) is 0 Å². The van der Waals surface area contributed by atoms with Crippen molar-refractivity contribution < 1.29 is 28.6 Å². The van der Waals surface area contributed by atoms with E-state index >= 15 is 0 Å². The second-order valence-electron chi connectivity index (χ2n) is 5.57. The summed E-state index contributed by atoms with van der Waals surface area (Å²) < 4.78 is 27.1. The topological polar surface area (TPSA) is 89.3 Å². The number of para-hydroxylation sites is 3. The van der Waals surface area contributed by atoms with Gasteiger partial charge in [-0.1, -0.05) is 30.3 Å². The summed E-state index contributed by atoms with van der Waals surface area (Å²) in [5.41, 5.74) is -0.0556. The molecule has 8 nitrogen and oxygen atoms in total. The SMILES string of the molecule is O=[N+]([O-])c1ccccc1OCCOCCOCCOCCOc1ccccc1. The Kier molecular flexibility index (Phi) is 10.4. The fraction of sp³-hybridized carbons (Fsp3) is 0.400. The van der Waals surface area contributed by atoms with E-state index in [1.54, 1.807) is 18.2 Å². The van der Waals surface area contributed by atoms with Crippen molar-refractivity contribution in [3.8, 4) is 11.5 Å². The summed E-state index contributed by atoms with van der Waals surface area (Å²) >= 11 is 0. The average Bonchev–Trinajstić information content (AvgIpc) is 2.72. The molecule has 0 spiro atoms. The van der Waals surface area contributed by atoms with Crippen LogP contribution >= 0.6 is 0 Å². The van der Waals surface area contributed by atoms with Crippen LogP contribution in [0, 0.1) is 10.1 Å². The molecule has 0 aromatic heterocycles. The zero-order chi connectivity index (χ0) is 19.9. The van der Waals surface area contributed by atoms with Crippen molar-refractivity contribution >= 4 is 5.69 Å². The summed E-state index contributed by atoms with van der Waals surface area (Å²) in [6.07, 6.45) is 0. The van der Waals surface area contributed by atoms with Crippen molar-refractivity contribution in [2.24, 2.45) is 0 Å².